The standard InChI is InChI=1S/C16H19IO2/c1-19-16(18)15-12-3-2-10(8-12)9-14(15)11-4-6-13(17)7-5-11/h4-7,10,12,14-15H,2-3,8-9H2,1H3/t10?,12?,14?,15-/m1/s1. The van der Waals surface area contributed by atoms with E-state index in [0.717, 1.165) is 12.3 Å². The summed E-state index contributed by atoms with van der Waals surface area (Å²) in [6.07, 6.45) is 4.86. The Kier molecular flexibility index (Phi) is 3.83. The summed E-state index contributed by atoms with van der Waals surface area (Å²) in [7, 11) is 1.52. The number of fused-ring (bicyclic) bond motifs is 2. The highest BCUT2D eigenvalue weighted by Gasteiger charge is 2.46. The molecular weight excluding hydrogens is 351 g/mol. The van der Waals surface area contributed by atoms with Gasteiger partial charge in [0.2, 0.25) is 0 Å². The van der Waals surface area contributed by atoms with E-state index in [1.165, 1.54) is 35.5 Å². The Hall–Kier alpha value is -0.580. The Morgan fingerprint density at radius 2 is 1.95 bits per heavy atom. The summed E-state index contributed by atoms with van der Waals surface area (Å²) < 4.78 is 6.32. The summed E-state index contributed by atoms with van der Waals surface area (Å²) in [6, 6.07) is 8.65. The number of carbonyl (C=O) groups is 1. The average molecular weight is 370 g/mol. The van der Waals surface area contributed by atoms with Gasteiger partial charge in [-0.3, -0.25) is 4.79 Å². The second-order valence-corrected chi connectivity index (χ2v) is 7.13. The maximum atomic E-state index is 12.2. The van der Waals surface area contributed by atoms with E-state index in [-0.39, 0.29) is 11.9 Å². The van der Waals surface area contributed by atoms with Crippen molar-refractivity contribution in [3.05, 3.63) is 33.4 Å². The first kappa shape index (κ1) is 13.4. The third-order valence-corrected chi connectivity index (χ3v) is 5.60. The summed E-state index contributed by atoms with van der Waals surface area (Å²) in [6.45, 7) is 0. The fourth-order valence-electron chi connectivity index (χ4n) is 4.03. The molecular formula is C16H19IO2. The second kappa shape index (κ2) is 5.43. The van der Waals surface area contributed by atoms with E-state index in [2.05, 4.69) is 46.9 Å². The molecule has 2 saturated carbocycles. The van der Waals surface area contributed by atoms with Crippen LogP contribution < -0.4 is 0 Å². The van der Waals surface area contributed by atoms with Gasteiger partial charge in [-0.15, -0.1) is 0 Å². The molecule has 0 radical (unpaired) electrons. The molecule has 0 saturated heterocycles. The van der Waals surface area contributed by atoms with Gasteiger partial charge in [-0.2, -0.15) is 0 Å². The van der Waals surface area contributed by atoms with Gasteiger partial charge >= 0.3 is 5.97 Å². The van der Waals surface area contributed by atoms with Gasteiger partial charge in [0.1, 0.15) is 0 Å². The van der Waals surface area contributed by atoms with Gasteiger partial charge in [0.15, 0.2) is 0 Å². The molecule has 19 heavy (non-hydrogen) atoms. The molecule has 0 amide bonds. The van der Waals surface area contributed by atoms with E-state index < -0.39 is 0 Å². The van der Waals surface area contributed by atoms with Gasteiger partial charge in [0.05, 0.1) is 13.0 Å². The maximum Gasteiger partial charge on any atom is 0.309 e. The van der Waals surface area contributed by atoms with E-state index in [1.807, 2.05) is 0 Å². The van der Waals surface area contributed by atoms with Gasteiger partial charge in [-0.25, -0.2) is 0 Å². The fourth-order valence-corrected chi connectivity index (χ4v) is 4.39. The number of benzene rings is 1. The van der Waals surface area contributed by atoms with Crippen LogP contribution in [0, 0.1) is 21.3 Å². The normalized spacial score (nSPS) is 33.2. The van der Waals surface area contributed by atoms with Crippen molar-refractivity contribution in [1.29, 1.82) is 0 Å². The van der Waals surface area contributed by atoms with Crippen LogP contribution in [0.5, 0.6) is 0 Å². The SMILES string of the molecule is COC(=O)[C@@H]1C2CCC(C2)CC1c1ccc(I)cc1. The van der Waals surface area contributed by atoms with Gasteiger partial charge in [-0.1, -0.05) is 18.6 Å². The monoisotopic (exact) mass is 370 g/mol. The summed E-state index contributed by atoms with van der Waals surface area (Å²) in [4.78, 5) is 12.2. The van der Waals surface area contributed by atoms with Crippen LogP contribution in [0.3, 0.4) is 0 Å². The van der Waals surface area contributed by atoms with Crippen molar-refractivity contribution in [3.63, 3.8) is 0 Å². The molecule has 3 rings (SSSR count). The van der Waals surface area contributed by atoms with E-state index in [1.54, 1.807) is 0 Å². The summed E-state index contributed by atoms with van der Waals surface area (Å²) in [5, 5.41) is 0. The minimum atomic E-state index is -0.00565. The Morgan fingerprint density at radius 1 is 1.21 bits per heavy atom. The first-order valence-corrected chi connectivity index (χ1v) is 8.10. The largest absolute Gasteiger partial charge is 0.469 e. The van der Waals surface area contributed by atoms with Crippen LogP contribution in [-0.2, 0) is 9.53 Å². The van der Waals surface area contributed by atoms with Crippen molar-refractivity contribution < 1.29 is 9.53 Å². The molecule has 0 heterocycles. The number of rotatable bonds is 2. The zero-order chi connectivity index (χ0) is 13.4. The lowest BCUT2D eigenvalue weighted by Gasteiger charge is -2.35. The molecule has 0 aliphatic heterocycles. The highest BCUT2D eigenvalue weighted by atomic mass is 127. The molecule has 0 aromatic heterocycles. The highest BCUT2D eigenvalue weighted by Crippen LogP contribution is 2.52. The van der Waals surface area contributed by atoms with Crippen LogP contribution in [0.2, 0.25) is 0 Å². The summed E-state index contributed by atoms with van der Waals surface area (Å²) >= 11 is 2.32. The summed E-state index contributed by atoms with van der Waals surface area (Å²) in [5.41, 5.74) is 1.31. The molecule has 0 spiro atoms. The van der Waals surface area contributed by atoms with Crippen molar-refractivity contribution in [2.75, 3.05) is 7.11 Å². The number of halogens is 1. The summed E-state index contributed by atoms with van der Waals surface area (Å²) in [5.74, 6) is 1.78. The minimum absolute atomic E-state index is 0.00565. The average Bonchev–Trinajstić information content (AvgIpc) is 2.80. The maximum absolute atomic E-state index is 12.2. The first-order chi connectivity index (χ1) is 9.19. The van der Waals surface area contributed by atoms with Crippen molar-refractivity contribution in [2.24, 2.45) is 17.8 Å². The molecule has 2 bridgehead atoms. The lowest BCUT2D eigenvalue weighted by molar-refractivity contribution is -0.149. The molecule has 3 unspecified atom stereocenters. The van der Waals surface area contributed by atoms with E-state index in [9.17, 15) is 4.79 Å². The highest BCUT2D eigenvalue weighted by molar-refractivity contribution is 14.1. The van der Waals surface area contributed by atoms with Crippen molar-refractivity contribution in [3.8, 4) is 0 Å². The fraction of sp³-hybridized carbons (Fsp3) is 0.562. The van der Waals surface area contributed by atoms with Gasteiger partial charge in [0, 0.05) is 3.57 Å². The van der Waals surface area contributed by atoms with Crippen LogP contribution in [0.25, 0.3) is 0 Å². The van der Waals surface area contributed by atoms with Crippen molar-refractivity contribution >= 4 is 28.6 Å². The van der Waals surface area contributed by atoms with E-state index in [0.29, 0.717) is 11.8 Å². The Labute approximate surface area is 128 Å². The van der Waals surface area contributed by atoms with Crippen molar-refractivity contribution in [1.82, 2.24) is 0 Å². The quantitative estimate of drug-likeness (QED) is 0.582. The number of esters is 1. The van der Waals surface area contributed by atoms with Crippen LogP contribution >= 0.6 is 22.6 Å². The Bertz CT molecular complexity index is 468. The second-order valence-electron chi connectivity index (χ2n) is 5.88. The lowest BCUT2D eigenvalue weighted by Crippen LogP contribution is -2.33. The molecule has 2 nitrogen and oxygen atoms in total. The van der Waals surface area contributed by atoms with Gasteiger partial charge in [0.25, 0.3) is 0 Å². The minimum Gasteiger partial charge on any atom is -0.469 e. The number of hydrogen-bond acceptors (Lipinski definition) is 2. The zero-order valence-corrected chi connectivity index (χ0v) is 13.3. The number of methoxy groups -OCH3 is 1. The topological polar surface area (TPSA) is 26.3 Å². The van der Waals surface area contributed by atoms with Crippen LogP contribution in [0.1, 0.15) is 37.2 Å². The first-order valence-electron chi connectivity index (χ1n) is 7.02. The lowest BCUT2D eigenvalue weighted by atomic mass is 9.69. The molecule has 2 fully saturated rings. The van der Waals surface area contributed by atoms with Crippen LogP contribution in [-0.4, -0.2) is 13.1 Å². The smallest absolute Gasteiger partial charge is 0.309 e. The number of carbonyl (C=O) groups excluding carboxylic acids is 1. The number of hydrogen-bond donors (Lipinski definition) is 0. The Morgan fingerprint density at radius 3 is 2.63 bits per heavy atom. The molecule has 4 atom stereocenters. The van der Waals surface area contributed by atoms with Crippen LogP contribution in [0.15, 0.2) is 24.3 Å². The third kappa shape index (κ3) is 2.54. The van der Waals surface area contributed by atoms with E-state index in [4.69, 9.17) is 4.74 Å². The molecule has 2 aliphatic carbocycles. The van der Waals surface area contributed by atoms with Gasteiger partial charge < -0.3 is 4.74 Å². The Balaban J connectivity index is 1.92. The molecule has 1 aromatic rings. The molecule has 3 heteroatoms. The molecule has 0 N–H and O–H groups in total. The molecule has 2 aliphatic rings. The third-order valence-electron chi connectivity index (χ3n) is 4.88. The van der Waals surface area contributed by atoms with Gasteiger partial charge in [-0.05, 0) is 77.3 Å². The molecule has 102 valence electrons. The predicted molar refractivity (Wildman–Crippen MR) is 82.9 cm³/mol. The number of ether oxygens (including phenoxy) is 1. The van der Waals surface area contributed by atoms with Crippen LogP contribution in [0.4, 0.5) is 0 Å². The predicted octanol–water partition coefficient (Wildman–Crippen LogP) is 3.98. The zero-order valence-electron chi connectivity index (χ0n) is 11.1. The van der Waals surface area contributed by atoms with Crippen molar-refractivity contribution in [2.45, 2.75) is 31.6 Å². The molecule has 1 aromatic carbocycles. The van der Waals surface area contributed by atoms with E-state index >= 15 is 0 Å².